The number of hydrogen-bond donors (Lipinski definition) is 0. The minimum Gasteiger partial charge on any atom is -0.505 e. The molecule has 2 aromatic heterocycles. The summed E-state index contributed by atoms with van der Waals surface area (Å²) < 4.78 is 5.62. The largest absolute Gasteiger partial charge is 0.505 e. The maximum absolute atomic E-state index is 4.48. The van der Waals surface area contributed by atoms with Crippen LogP contribution in [0.3, 0.4) is 0 Å². The van der Waals surface area contributed by atoms with E-state index >= 15 is 0 Å². The molecule has 0 atom stereocenters. The summed E-state index contributed by atoms with van der Waals surface area (Å²) in [4.78, 5) is 9.19. The van der Waals surface area contributed by atoms with Crippen LogP contribution in [0.4, 0.5) is 11.4 Å². The molecule has 13 heteroatoms. The summed E-state index contributed by atoms with van der Waals surface area (Å²) in [6, 6.07) is 22.9. The van der Waals surface area contributed by atoms with Crippen LogP contribution in [-0.4, -0.2) is 63.9 Å². The number of aryl methyl sites for hydroxylation is 1. The molecule has 0 fully saturated rings. The molecule has 6 rings (SSSR count). The number of unbranched alkanes of at least 4 members (excludes halogenated alkanes) is 1. The molecule has 0 saturated heterocycles. The summed E-state index contributed by atoms with van der Waals surface area (Å²) in [5.41, 5.74) is 8.93. The van der Waals surface area contributed by atoms with Crippen LogP contribution >= 0.6 is 0 Å². The molecule has 4 aromatic rings. The van der Waals surface area contributed by atoms with Crippen molar-refractivity contribution >= 4 is 27.8 Å². The number of para-hydroxylation sites is 2. The molecule has 0 aliphatic carbocycles. The third-order valence-corrected chi connectivity index (χ3v) is 11.7. The summed E-state index contributed by atoms with van der Waals surface area (Å²) in [5, 5.41) is 12.9. The van der Waals surface area contributed by atoms with Crippen LogP contribution < -0.4 is 14.1 Å². The standard InChI is InChI=1S/C26H30N4.C11H21N6Si2.Ir/c1-21-23(3)29(25-13-7-5-8-14-25)19-27(21)17-11-12-18-28-20-30(24(4)22(28)2)26-15-9-6-10-16-26;1-15-11(9-17(14-15)19(5,6)7)10-8-16(13-12-10)18(2,3)4;/h5-10,13,15,19-20H,11-12,17-18H2,1-4H3;1-7H3;/q-4;-1;. The van der Waals surface area contributed by atoms with E-state index in [1.807, 2.05) is 40.0 Å². The minimum absolute atomic E-state index is 0. The predicted molar refractivity (Wildman–Crippen MR) is 201 cm³/mol. The van der Waals surface area contributed by atoms with Crippen molar-refractivity contribution < 1.29 is 24.5 Å². The fourth-order valence-corrected chi connectivity index (χ4v) is 7.07. The zero-order chi connectivity index (χ0) is 35.5. The van der Waals surface area contributed by atoms with Crippen molar-refractivity contribution in [1.29, 1.82) is 0 Å². The summed E-state index contributed by atoms with van der Waals surface area (Å²) in [7, 11) is -1.18. The van der Waals surface area contributed by atoms with Gasteiger partial charge in [0.2, 0.25) is 0 Å². The second-order valence-corrected chi connectivity index (χ2v) is 24.1. The molecule has 2 aliphatic rings. The van der Waals surface area contributed by atoms with Crippen molar-refractivity contribution in [1.82, 2.24) is 34.4 Å². The van der Waals surface area contributed by atoms with Gasteiger partial charge in [-0.1, -0.05) is 25.8 Å². The van der Waals surface area contributed by atoms with E-state index in [0.29, 0.717) is 0 Å². The monoisotopic (exact) mass is 884 g/mol. The summed E-state index contributed by atoms with van der Waals surface area (Å²) >= 11 is 0. The maximum atomic E-state index is 4.48. The quantitative estimate of drug-likeness (QED) is 0.100. The Kier molecular flexibility index (Phi) is 12.7. The van der Waals surface area contributed by atoms with Gasteiger partial charge < -0.3 is 23.9 Å². The van der Waals surface area contributed by atoms with Crippen LogP contribution in [0.5, 0.6) is 0 Å². The Morgan fingerprint density at radius 1 is 0.740 bits per heavy atom. The van der Waals surface area contributed by atoms with Crippen molar-refractivity contribution in [2.24, 2.45) is 7.05 Å². The van der Waals surface area contributed by atoms with Crippen molar-refractivity contribution in [3.05, 3.63) is 109 Å². The Morgan fingerprint density at radius 2 is 1.24 bits per heavy atom. The van der Waals surface area contributed by atoms with Gasteiger partial charge in [-0.15, -0.1) is 22.3 Å². The molecular formula is C37H51IrN10Si2-5. The summed E-state index contributed by atoms with van der Waals surface area (Å²) in [6.45, 7) is 28.5. The molecule has 0 bridgehead atoms. The molecule has 4 heterocycles. The van der Waals surface area contributed by atoms with E-state index in [0.717, 1.165) is 48.7 Å². The molecule has 2 aromatic carbocycles. The number of hydrogen-bond acceptors (Lipinski definition) is 7. The number of aromatic nitrogens is 6. The van der Waals surface area contributed by atoms with E-state index in [9.17, 15) is 0 Å². The Morgan fingerprint density at radius 3 is 1.62 bits per heavy atom. The first-order valence-corrected chi connectivity index (χ1v) is 23.9. The van der Waals surface area contributed by atoms with Crippen LogP contribution in [0.2, 0.25) is 39.3 Å². The number of benzene rings is 2. The number of anilines is 2. The average Bonchev–Trinajstić information content (AvgIpc) is 3.84. The summed E-state index contributed by atoms with van der Waals surface area (Å²) in [6.07, 6.45) is 8.82. The molecule has 0 unspecified atom stereocenters. The van der Waals surface area contributed by atoms with Crippen LogP contribution in [-0.2, 0) is 27.2 Å². The average molecular weight is 884 g/mol. The van der Waals surface area contributed by atoms with Crippen molar-refractivity contribution in [2.75, 3.05) is 22.9 Å². The van der Waals surface area contributed by atoms with Gasteiger partial charge in [-0.2, -0.15) is 79.7 Å². The SMILES string of the molecule is CC1=C(C)N(c2[c-]cccc2)[CH-]N1CCCCN1[CH-]N(c2[c-]cccc2)C(C)=C1C.Cn1n[n+]([Si](C)(C)C)[c-]c1-c1[c-]n([Si](C)(C)C)nn1.[Ir]. The van der Waals surface area contributed by atoms with Gasteiger partial charge in [0.15, 0.2) is 8.24 Å². The molecule has 10 nitrogen and oxygen atoms in total. The molecule has 50 heavy (non-hydrogen) atoms. The minimum atomic E-state index is -1.55. The van der Waals surface area contributed by atoms with Gasteiger partial charge in [-0.3, -0.25) is 9.45 Å². The van der Waals surface area contributed by atoms with Crippen LogP contribution in [0, 0.1) is 37.9 Å². The van der Waals surface area contributed by atoms with E-state index in [4.69, 9.17) is 0 Å². The van der Waals surface area contributed by atoms with Crippen LogP contribution in [0.1, 0.15) is 40.5 Å². The normalized spacial score (nSPS) is 15.2. The second kappa shape index (κ2) is 16.2. The van der Waals surface area contributed by atoms with Gasteiger partial charge >= 0.3 is 0 Å². The first-order chi connectivity index (χ1) is 23.1. The Balaban J connectivity index is 0.000000243. The Labute approximate surface area is 315 Å². The molecule has 0 saturated carbocycles. The second-order valence-electron chi connectivity index (χ2n) is 14.6. The Bertz CT molecular complexity index is 1690. The summed E-state index contributed by atoms with van der Waals surface area (Å²) in [5.74, 6) is 0. The molecule has 0 amide bonds. The van der Waals surface area contributed by atoms with Crippen LogP contribution in [0.15, 0.2) is 71.3 Å². The first kappa shape index (κ1) is 39.3. The van der Waals surface area contributed by atoms with Gasteiger partial charge in [0.05, 0.1) is 7.05 Å². The van der Waals surface area contributed by atoms with Gasteiger partial charge in [-0.25, -0.2) is 10.9 Å². The molecule has 0 N–H and O–H groups in total. The molecule has 2 aliphatic heterocycles. The third kappa shape index (κ3) is 9.04. The third-order valence-electron chi connectivity index (χ3n) is 8.79. The topological polar surface area (TPSA) is 65.4 Å². The number of allylic oxidation sites excluding steroid dienone is 4. The Hall–Kier alpha value is -3.52. The molecule has 1 radical (unpaired) electrons. The zero-order valence-electron chi connectivity index (χ0n) is 31.4. The smallest absolute Gasteiger partial charge is 0.258 e. The fraction of sp³-hybridized carbons (Fsp3) is 0.405. The van der Waals surface area contributed by atoms with E-state index in [1.165, 1.54) is 22.8 Å². The van der Waals surface area contributed by atoms with Gasteiger partial charge in [0.1, 0.15) is 0 Å². The maximum Gasteiger partial charge on any atom is 0.258 e. The molecule has 271 valence electrons. The van der Waals surface area contributed by atoms with Crippen molar-refractivity contribution in [3.8, 4) is 11.4 Å². The predicted octanol–water partition coefficient (Wildman–Crippen LogP) is 6.68. The first-order valence-electron chi connectivity index (χ1n) is 17.0. The zero-order valence-corrected chi connectivity index (χ0v) is 35.8. The number of rotatable bonds is 10. The fourth-order valence-electron chi connectivity index (χ4n) is 5.48. The molecular weight excluding hydrogens is 833 g/mol. The van der Waals surface area contributed by atoms with Gasteiger partial charge in [0, 0.05) is 36.7 Å². The van der Waals surface area contributed by atoms with E-state index < -0.39 is 16.5 Å². The number of nitrogens with zero attached hydrogens (tertiary/aromatic N) is 10. The van der Waals surface area contributed by atoms with E-state index in [2.05, 4.69) is 164 Å². The van der Waals surface area contributed by atoms with Crippen molar-refractivity contribution in [3.63, 3.8) is 0 Å². The van der Waals surface area contributed by atoms with Crippen molar-refractivity contribution in [2.45, 2.75) is 79.8 Å². The van der Waals surface area contributed by atoms with E-state index in [-0.39, 0.29) is 20.1 Å². The molecule has 0 spiro atoms. The van der Waals surface area contributed by atoms with Gasteiger partial charge in [-0.05, 0) is 84.7 Å². The van der Waals surface area contributed by atoms with Crippen LogP contribution in [0.25, 0.3) is 11.4 Å². The van der Waals surface area contributed by atoms with E-state index in [1.54, 1.807) is 4.68 Å². The van der Waals surface area contributed by atoms with Gasteiger partial charge in [0.25, 0.3) is 8.24 Å².